The van der Waals surface area contributed by atoms with E-state index in [-0.39, 0.29) is 17.1 Å². The molecular formula is C24H25NO6. The van der Waals surface area contributed by atoms with Crippen molar-refractivity contribution in [2.45, 2.75) is 13.8 Å². The van der Waals surface area contributed by atoms with Gasteiger partial charge in [-0.2, -0.15) is 0 Å². The highest BCUT2D eigenvalue weighted by Crippen LogP contribution is 2.40. The lowest BCUT2D eigenvalue weighted by Crippen LogP contribution is -2.24. The first-order chi connectivity index (χ1) is 14.9. The van der Waals surface area contributed by atoms with Crippen LogP contribution in [-0.2, 0) is 14.3 Å². The Hall–Kier alpha value is -3.74. The molecule has 0 saturated carbocycles. The number of hydrogen-bond donors (Lipinski definition) is 0. The second-order valence-electron chi connectivity index (χ2n) is 6.94. The van der Waals surface area contributed by atoms with Gasteiger partial charge in [0.1, 0.15) is 0 Å². The van der Waals surface area contributed by atoms with E-state index >= 15 is 0 Å². The predicted octanol–water partition coefficient (Wildman–Crippen LogP) is 3.90. The monoisotopic (exact) mass is 423 g/mol. The number of aryl methyl sites for hydroxylation is 1. The molecule has 1 aliphatic rings. The van der Waals surface area contributed by atoms with Crippen molar-refractivity contribution in [3.8, 4) is 17.2 Å². The van der Waals surface area contributed by atoms with Crippen LogP contribution in [-0.4, -0.2) is 40.3 Å². The summed E-state index contributed by atoms with van der Waals surface area (Å²) in [6.07, 6.45) is 1.62. The highest BCUT2D eigenvalue weighted by molar-refractivity contribution is 6.23. The van der Waals surface area contributed by atoms with Gasteiger partial charge in [-0.3, -0.25) is 9.69 Å². The molecule has 0 spiro atoms. The highest BCUT2D eigenvalue weighted by Gasteiger charge is 2.38. The molecule has 0 radical (unpaired) electrons. The SMILES string of the molecule is COC(=O)C1=C(C)N(c2ccc(C)cc2)C(=O)/C1=C\c1cc(OC)c(OC)c(OC)c1. The number of carbonyl (C=O) groups is 2. The number of carbonyl (C=O) groups excluding carboxylic acids is 2. The van der Waals surface area contributed by atoms with Crippen molar-refractivity contribution in [1.82, 2.24) is 0 Å². The zero-order valence-electron chi connectivity index (χ0n) is 18.4. The Balaban J connectivity index is 2.17. The van der Waals surface area contributed by atoms with Gasteiger partial charge in [0.15, 0.2) is 11.5 Å². The van der Waals surface area contributed by atoms with Gasteiger partial charge >= 0.3 is 5.97 Å². The summed E-state index contributed by atoms with van der Waals surface area (Å²) in [5.74, 6) is 0.408. The lowest BCUT2D eigenvalue weighted by molar-refractivity contribution is -0.136. The summed E-state index contributed by atoms with van der Waals surface area (Å²) in [7, 11) is 5.83. The minimum absolute atomic E-state index is 0.210. The fourth-order valence-electron chi connectivity index (χ4n) is 3.54. The van der Waals surface area contributed by atoms with E-state index < -0.39 is 5.97 Å². The number of benzene rings is 2. The maximum absolute atomic E-state index is 13.4. The first-order valence-corrected chi connectivity index (χ1v) is 9.58. The van der Waals surface area contributed by atoms with E-state index in [1.54, 1.807) is 25.1 Å². The van der Waals surface area contributed by atoms with E-state index in [0.717, 1.165) is 5.56 Å². The van der Waals surface area contributed by atoms with Crippen molar-refractivity contribution in [2.24, 2.45) is 0 Å². The van der Waals surface area contributed by atoms with Crippen molar-refractivity contribution < 1.29 is 28.5 Å². The molecule has 0 fully saturated rings. The standard InChI is InChI=1S/C24H25NO6/c1-14-7-9-17(10-8-14)25-15(2)21(24(27)31-6)18(23(25)26)11-16-12-19(28-3)22(30-5)20(13-16)29-4/h7-13H,1-6H3/b18-11-. The van der Waals surface area contributed by atoms with Gasteiger partial charge in [0.2, 0.25) is 5.75 Å². The Morgan fingerprint density at radius 1 is 0.903 bits per heavy atom. The van der Waals surface area contributed by atoms with Gasteiger partial charge in [-0.25, -0.2) is 4.79 Å². The Morgan fingerprint density at radius 2 is 1.48 bits per heavy atom. The molecule has 0 unspecified atom stereocenters. The molecule has 7 heteroatoms. The third-order valence-corrected chi connectivity index (χ3v) is 5.08. The number of allylic oxidation sites excluding steroid dienone is 1. The number of amides is 1. The Morgan fingerprint density at radius 3 is 1.97 bits per heavy atom. The largest absolute Gasteiger partial charge is 0.493 e. The van der Waals surface area contributed by atoms with Crippen LogP contribution in [0.5, 0.6) is 17.2 Å². The van der Waals surface area contributed by atoms with E-state index in [0.29, 0.717) is 34.2 Å². The van der Waals surface area contributed by atoms with Gasteiger partial charge in [0.25, 0.3) is 5.91 Å². The first-order valence-electron chi connectivity index (χ1n) is 9.58. The maximum atomic E-state index is 13.4. The van der Waals surface area contributed by atoms with Gasteiger partial charge in [0.05, 0.1) is 39.6 Å². The maximum Gasteiger partial charge on any atom is 0.340 e. The van der Waals surface area contributed by atoms with Gasteiger partial charge in [-0.1, -0.05) is 17.7 Å². The Bertz CT molecular complexity index is 1060. The molecule has 0 aromatic heterocycles. The van der Waals surface area contributed by atoms with Crippen LogP contribution in [0.1, 0.15) is 18.1 Å². The van der Waals surface area contributed by atoms with Crippen LogP contribution >= 0.6 is 0 Å². The fraction of sp³-hybridized carbons (Fsp3) is 0.250. The van der Waals surface area contributed by atoms with Gasteiger partial charge in [0, 0.05) is 11.4 Å². The highest BCUT2D eigenvalue weighted by atomic mass is 16.5. The number of hydrogen-bond acceptors (Lipinski definition) is 6. The van der Waals surface area contributed by atoms with E-state index in [9.17, 15) is 9.59 Å². The van der Waals surface area contributed by atoms with Crippen molar-refractivity contribution >= 4 is 23.6 Å². The zero-order chi connectivity index (χ0) is 22.7. The molecule has 0 bridgehead atoms. The molecule has 1 aliphatic heterocycles. The average Bonchev–Trinajstić information content (AvgIpc) is 3.02. The number of esters is 1. The summed E-state index contributed by atoms with van der Waals surface area (Å²) >= 11 is 0. The third-order valence-electron chi connectivity index (χ3n) is 5.08. The summed E-state index contributed by atoms with van der Waals surface area (Å²) < 4.78 is 21.1. The van der Waals surface area contributed by atoms with E-state index in [1.807, 2.05) is 31.2 Å². The molecular weight excluding hydrogens is 398 g/mol. The fourth-order valence-corrected chi connectivity index (χ4v) is 3.54. The van der Waals surface area contributed by atoms with E-state index in [2.05, 4.69) is 0 Å². The van der Waals surface area contributed by atoms with Crippen LogP contribution in [0, 0.1) is 6.92 Å². The van der Waals surface area contributed by atoms with Crippen LogP contribution in [0.4, 0.5) is 5.69 Å². The van der Waals surface area contributed by atoms with Crippen molar-refractivity contribution in [3.63, 3.8) is 0 Å². The van der Waals surface area contributed by atoms with Crippen LogP contribution in [0.3, 0.4) is 0 Å². The second-order valence-corrected chi connectivity index (χ2v) is 6.94. The molecule has 1 heterocycles. The normalized spacial score (nSPS) is 14.8. The minimum Gasteiger partial charge on any atom is -0.493 e. The molecule has 0 N–H and O–H groups in total. The van der Waals surface area contributed by atoms with Crippen molar-refractivity contribution in [2.75, 3.05) is 33.3 Å². The third kappa shape index (κ3) is 3.99. The van der Waals surface area contributed by atoms with Crippen LogP contribution < -0.4 is 19.1 Å². The molecule has 31 heavy (non-hydrogen) atoms. The predicted molar refractivity (Wildman–Crippen MR) is 117 cm³/mol. The van der Waals surface area contributed by atoms with E-state index in [4.69, 9.17) is 18.9 Å². The van der Waals surface area contributed by atoms with Gasteiger partial charge in [-0.15, -0.1) is 0 Å². The number of ether oxygens (including phenoxy) is 4. The topological polar surface area (TPSA) is 74.3 Å². The molecule has 1 amide bonds. The Kier molecular flexibility index (Phi) is 6.34. The second kappa shape index (κ2) is 8.95. The minimum atomic E-state index is -0.584. The van der Waals surface area contributed by atoms with Gasteiger partial charge < -0.3 is 18.9 Å². The Labute approximate surface area is 181 Å². The quantitative estimate of drug-likeness (QED) is 0.518. The summed E-state index contributed by atoms with van der Waals surface area (Å²) in [6.45, 7) is 3.69. The molecule has 7 nitrogen and oxygen atoms in total. The number of rotatable bonds is 6. The van der Waals surface area contributed by atoms with E-state index in [1.165, 1.54) is 33.3 Å². The summed E-state index contributed by atoms with van der Waals surface area (Å²) in [5.41, 5.74) is 3.28. The lowest BCUT2D eigenvalue weighted by atomic mass is 10.0. The lowest BCUT2D eigenvalue weighted by Gasteiger charge is -2.18. The molecule has 0 aliphatic carbocycles. The van der Waals surface area contributed by atoms with Crippen LogP contribution in [0.2, 0.25) is 0 Å². The number of anilines is 1. The molecule has 2 aromatic carbocycles. The molecule has 2 aromatic rings. The van der Waals surface area contributed by atoms with Crippen LogP contribution in [0.25, 0.3) is 6.08 Å². The van der Waals surface area contributed by atoms with Crippen molar-refractivity contribution in [3.05, 3.63) is 64.4 Å². The molecule has 3 rings (SSSR count). The summed E-state index contributed by atoms with van der Waals surface area (Å²) in [6, 6.07) is 10.9. The summed E-state index contributed by atoms with van der Waals surface area (Å²) in [4.78, 5) is 27.5. The smallest absolute Gasteiger partial charge is 0.340 e. The van der Waals surface area contributed by atoms with Gasteiger partial charge in [-0.05, 0) is 49.8 Å². The average molecular weight is 423 g/mol. The molecule has 162 valence electrons. The van der Waals surface area contributed by atoms with Crippen LogP contribution in [0.15, 0.2) is 53.2 Å². The first kappa shape index (κ1) is 22.0. The zero-order valence-corrected chi connectivity index (χ0v) is 18.4. The molecule has 0 atom stereocenters. The number of nitrogens with zero attached hydrogens (tertiary/aromatic N) is 1. The van der Waals surface area contributed by atoms with Crippen molar-refractivity contribution in [1.29, 1.82) is 0 Å². The summed E-state index contributed by atoms with van der Waals surface area (Å²) in [5, 5.41) is 0. The number of methoxy groups -OCH3 is 4. The molecule has 0 saturated heterocycles.